The third-order valence-electron chi connectivity index (χ3n) is 5.28. The summed E-state index contributed by atoms with van der Waals surface area (Å²) in [4.78, 5) is 2.40. The Labute approximate surface area is 173 Å². The minimum atomic E-state index is 0.632. The van der Waals surface area contributed by atoms with Crippen LogP contribution in [-0.4, -0.2) is 26.3 Å². The first kappa shape index (κ1) is 19.2. The average Bonchev–Trinajstić information content (AvgIpc) is 2.78. The number of fused-ring (bicyclic) bond motifs is 2. The van der Waals surface area contributed by atoms with Crippen LogP contribution < -0.4 is 4.90 Å². The second kappa shape index (κ2) is 9.40. The average molecular weight is 382 g/mol. The van der Waals surface area contributed by atoms with Gasteiger partial charge in [-0.05, 0) is 46.8 Å². The van der Waals surface area contributed by atoms with Crippen molar-refractivity contribution in [3.05, 3.63) is 96.6 Å². The van der Waals surface area contributed by atoms with Gasteiger partial charge in [0.15, 0.2) is 0 Å². The van der Waals surface area contributed by atoms with Crippen LogP contribution in [-0.2, 0) is 4.74 Å². The molecule has 0 N–H and O–H groups in total. The van der Waals surface area contributed by atoms with E-state index < -0.39 is 0 Å². The maximum Gasteiger partial charge on any atom is 0.0651 e. The molecule has 0 radical (unpaired) electrons. The first-order valence-corrected chi connectivity index (χ1v) is 10.3. The zero-order valence-electron chi connectivity index (χ0n) is 16.9. The van der Waals surface area contributed by atoms with E-state index in [0.29, 0.717) is 13.2 Å². The summed E-state index contributed by atoms with van der Waals surface area (Å²) in [6.45, 7) is 5.37. The number of benzene rings is 4. The van der Waals surface area contributed by atoms with E-state index in [0.717, 1.165) is 13.1 Å². The Kier molecular flexibility index (Phi) is 6.23. The number of anilines is 1. The molecule has 0 aliphatic rings. The van der Waals surface area contributed by atoms with Gasteiger partial charge in [0.2, 0.25) is 0 Å². The summed E-state index contributed by atoms with van der Waals surface area (Å²) in [5.41, 5.74) is 2.48. The standard InChI is InChI=1S/C27H27NO/c1-2-28(17-19-29-18-9-12-22-10-4-3-5-11-22)27-16-8-15-25-20-23-13-6-7-14-24(23)21-26(25)27/h3-16,20-21H,2,17-19H2,1H3. The Balaban J connectivity index is 1.43. The molecule has 0 aliphatic carbocycles. The summed E-state index contributed by atoms with van der Waals surface area (Å²) < 4.78 is 5.86. The molecule has 0 bridgehead atoms. The number of hydrogen-bond donors (Lipinski definition) is 0. The van der Waals surface area contributed by atoms with Gasteiger partial charge in [0.1, 0.15) is 0 Å². The maximum absolute atomic E-state index is 5.86. The van der Waals surface area contributed by atoms with Crippen molar-refractivity contribution in [3.8, 4) is 0 Å². The van der Waals surface area contributed by atoms with Crippen LogP contribution in [0.1, 0.15) is 12.5 Å². The van der Waals surface area contributed by atoms with Gasteiger partial charge < -0.3 is 9.64 Å². The highest BCUT2D eigenvalue weighted by Crippen LogP contribution is 2.30. The number of rotatable bonds is 8. The lowest BCUT2D eigenvalue weighted by atomic mass is 10.0. The normalized spacial score (nSPS) is 11.5. The summed E-state index contributed by atoms with van der Waals surface area (Å²) in [6, 6.07) is 30.0. The molecule has 0 fully saturated rings. The van der Waals surface area contributed by atoms with E-state index in [1.165, 1.54) is 32.8 Å². The second-order valence-electron chi connectivity index (χ2n) is 7.17. The molecular formula is C27H27NO. The van der Waals surface area contributed by atoms with Gasteiger partial charge in [-0.25, -0.2) is 0 Å². The van der Waals surface area contributed by atoms with Crippen molar-refractivity contribution in [1.82, 2.24) is 0 Å². The predicted molar refractivity (Wildman–Crippen MR) is 126 cm³/mol. The first-order chi connectivity index (χ1) is 14.3. The fraction of sp³-hybridized carbons (Fsp3) is 0.185. The number of nitrogens with zero attached hydrogens (tertiary/aromatic N) is 1. The fourth-order valence-electron chi connectivity index (χ4n) is 3.75. The summed E-state index contributed by atoms with van der Waals surface area (Å²) in [5.74, 6) is 0. The monoisotopic (exact) mass is 381 g/mol. The molecular weight excluding hydrogens is 354 g/mol. The van der Waals surface area contributed by atoms with E-state index in [1.807, 2.05) is 18.2 Å². The molecule has 29 heavy (non-hydrogen) atoms. The summed E-state index contributed by atoms with van der Waals surface area (Å²) in [6.07, 6.45) is 4.18. The topological polar surface area (TPSA) is 12.5 Å². The van der Waals surface area contributed by atoms with Gasteiger partial charge in [-0.1, -0.05) is 78.9 Å². The number of ether oxygens (including phenoxy) is 1. The van der Waals surface area contributed by atoms with Gasteiger partial charge in [-0.15, -0.1) is 0 Å². The largest absolute Gasteiger partial charge is 0.376 e. The molecule has 0 aromatic heterocycles. The van der Waals surface area contributed by atoms with Crippen LogP contribution in [0.25, 0.3) is 27.6 Å². The molecule has 146 valence electrons. The molecule has 4 aromatic rings. The van der Waals surface area contributed by atoms with Gasteiger partial charge in [-0.2, -0.15) is 0 Å². The Morgan fingerprint density at radius 2 is 1.52 bits per heavy atom. The van der Waals surface area contributed by atoms with E-state index in [-0.39, 0.29) is 0 Å². The first-order valence-electron chi connectivity index (χ1n) is 10.3. The Bertz CT molecular complexity index is 1100. The SMILES string of the molecule is CCN(CCOCC=Cc1ccccc1)c1cccc2cc3ccccc3cc12. The fourth-order valence-corrected chi connectivity index (χ4v) is 3.75. The van der Waals surface area contributed by atoms with Gasteiger partial charge in [0.05, 0.1) is 13.2 Å². The van der Waals surface area contributed by atoms with Crippen molar-refractivity contribution in [2.45, 2.75) is 6.92 Å². The molecule has 0 amide bonds. The van der Waals surface area contributed by atoms with Crippen LogP contribution in [0.5, 0.6) is 0 Å². The molecule has 0 unspecified atom stereocenters. The van der Waals surface area contributed by atoms with Gasteiger partial charge in [0, 0.05) is 24.2 Å². The molecule has 0 aliphatic heterocycles. The van der Waals surface area contributed by atoms with Crippen LogP contribution in [0, 0.1) is 0 Å². The Morgan fingerprint density at radius 1 is 0.793 bits per heavy atom. The third-order valence-corrected chi connectivity index (χ3v) is 5.28. The third kappa shape index (κ3) is 4.67. The maximum atomic E-state index is 5.86. The van der Waals surface area contributed by atoms with E-state index in [2.05, 4.69) is 90.7 Å². The van der Waals surface area contributed by atoms with E-state index >= 15 is 0 Å². The van der Waals surface area contributed by atoms with Crippen molar-refractivity contribution in [2.75, 3.05) is 31.2 Å². The van der Waals surface area contributed by atoms with Crippen LogP contribution in [0.15, 0.2) is 91.0 Å². The lowest BCUT2D eigenvalue weighted by molar-refractivity contribution is 0.169. The van der Waals surface area contributed by atoms with E-state index in [9.17, 15) is 0 Å². The van der Waals surface area contributed by atoms with E-state index in [1.54, 1.807) is 0 Å². The summed E-state index contributed by atoms with van der Waals surface area (Å²) >= 11 is 0. The van der Waals surface area contributed by atoms with Gasteiger partial charge >= 0.3 is 0 Å². The minimum absolute atomic E-state index is 0.632. The quantitative estimate of drug-likeness (QED) is 0.253. The minimum Gasteiger partial charge on any atom is -0.376 e. The predicted octanol–water partition coefficient (Wildman–Crippen LogP) is 6.55. The highest BCUT2D eigenvalue weighted by atomic mass is 16.5. The molecule has 4 rings (SSSR count). The zero-order chi connectivity index (χ0) is 19.9. The van der Waals surface area contributed by atoms with Crippen LogP contribution >= 0.6 is 0 Å². The van der Waals surface area contributed by atoms with Gasteiger partial charge in [0.25, 0.3) is 0 Å². The Morgan fingerprint density at radius 3 is 2.31 bits per heavy atom. The van der Waals surface area contributed by atoms with Crippen molar-refractivity contribution < 1.29 is 4.74 Å². The molecule has 0 heterocycles. The smallest absolute Gasteiger partial charge is 0.0651 e. The second-order valence-corrected chi connectivity index (χ2v) is 7.17. The lowest BCUT2D eigenvalue weighted by Crippen LogP contribution is -2.27. The molecule has 4 aromatic carbocycles. The van der Waals surface area contributed by atoms with Crippen molar-refractivity contribution >= 4 is 33.3 Å². The molecule has 0 atom stereocenters. The molecule has 0 saturated carbocycles. The van der Waals surface area contributed by atoms with Gasteiger partial charge in [-0.3, -0.25) is 0 Å². The highest BCUT2D eigenvalue weighted by Gasteiger charge is 2.09. The van der Waals surface area contributed by atoms with Crippen LogP contribution in [0.3, 0.4) is 0 Å². The number of likely N-dealkylation sites (N-methyl/N-ethyl adjacent to an activating group) is 1. The van der Waals surface area contributed by atoms with Crippen LogP contribution in [0.2, 0.25) is 0 Å². The molecule has 0 spiro atoms. The van der Waals surface area contributed by atoms with Crippen molar-refractivity contribution in [3.63, 3.8) is 0 Å². The van der Waals surface area contributed by atoms with Crippen molar-refractivity contribution in [2.24, 2.45) is 0 Å². The summed E-state index contributed by atoms with van der Waals surface area (Å²) in [7, 11) is 0. The van der Waals surface area contributed by atoms with E-state index in [4.69, 9.17) is 4.74 Å². The summed E-state index contributed by atoms with van der Waals surface area (Å²) in [5, 5.41) is 5.16. The molecule has 0 saturated heterocycles. The van der Waals surface area contributed by atoms with Crippen molar-refractivity contribution in [1.29, 1.82) is 0 Å². The molecule has 2 nitrogen and oxygen atoms in total. The Hall–Kier alpha value is -3.10. The van der Waals surface area contributed by atoms with Crippen LogP contribution in [0.4, 0.5) is 5.69 Å². The zero-order valence-corrected chi connectivity index (χ0v) is 16.9. The highest BCUT2D eigenvalue weighted by molar-refractivity contribution is 6.03. The molecule has 2 heteroatoms. The lowest BCUT2D eigenvalue weighted by Gasteiger charge is -2.25. The number of hydrogen-bond acceptors (Lipinski definition) is 2.